The first-order valence-corrected chi connectivity index (χ1v) is 7.57. The van der Waals surface area contributed by atoms with Gasteiger partial charge in [0.2, 0.25) is 0 Å². The first-order valence-electron chi connectivity index (χ1n) is 7.16. The van der Waals surface area contributed by atoms with Crippen LogP contribution in [0.2, 0.25) is 0 Å². The van der Waals surface area contributed by atoms with Crippen LogP contribution >= 0.6 is 12.2 Å². The second-order valence-electron chi connectivity index (χ2n) is 5.08. The number of thiocarbonyl (C=S) groups is 1. The number of nitrogens with zero attached hydrogens (tertiary/aromatic N) is 1. The van der Waals surface area contributed by atoms with Gasteiger partial charge < -0.3 is 10.6 Å². The number of anilines is 1. The molecule has 3 nitrogen and oxygen atoms in total. The van der Waals surface area contributed by atoms with Crippen LogP contribution in [0.25, 0.3) is 0 Å². The summed E-state index contributed by atoms with van der Waals surface area (Å²) >= 11 is 5.42. The van der Waals surface area contributed by atoms with Crippen LogP contribution in [0.4, 0.5) is 5.82 Å². The van der Waals surface area contributed by atoms with Gasteiger partial charge in [0.1, 0.15) is 5.82 Å². The quantitative estimate of drug-likeness (QED) is 0.832. The largest absolute Gasteiger partial charge is 0.356 e. The van der Waals surface area contributed by atoms with Crippen molar-refractivity contribution < 1.29 is 0 Å². The van der Waals surface area contributed by atoms with Gasteiger partial charge in [-0.25, -0.2) is 4.98 Å². The Labute approximate surface area is 131 Å². The van der Waals surface area contributed by atoms with E-state index in [2.05, 4.69) is 53.7 Å². The average molecular weight is 299 g/mol. The Morgan fingerprint density at radius 3 is 2.52 bits per heavy atom. The zero-order chi connectivity index (χ0) is 15.2. The summed E-state index contributed by atoms with van der Waals surface area (Å²) in [4.78, 5) is 4.30. The number of nitrogens with one attached hydrogen (secondary N) is 2. The van der Waals surface area contributed by atoms with Crippen molar-refractivity contribution in [1.82, 2.24) is 10.3 Å². The maximum Gasteiger partial charge on any atom is 0.172 e. The molecule has 2 N–H and O–H groups in total. The fourth-order valence-corrected chi connectivity index (χ4v) is 2.53. The van der Waals surface area contributed by atoms with Crippen molar-refractivity contribution in [3.8, 4) is 0 Å². The Morgan fingerprint density at radius 2 is 1.86 bits per heavy atom. The van der Waals surface area contributed by atoms with E-state index in [1.807, 2.05) is 19.1 Å². The molecule has 0 saturated heterocycles. The van der Waals surface area contributed by atoms with Crippen molar-refractivity contribution in [2.45, 2.75) is 33.2 Å². The molecule has 0 aliphatic carbocycles. The van der Waals surface area contributed by atoms with Gasteiger partial charge in [0, 0.05) is 6.20 Å². The summed E-state index contributed by atoms with van der Waals surface area (Å²) in [5.74, 6) is 0.801. The van der Waals surface area contributed by atoms with Gasteiger partial charge in [-0.15, -0.1) is 0 Å². The first-order chi connectivity index (χ1) is 10.1. The van der Waals surface area contributed by atoms with Crippen molar-refractivity contribution in [3.05, 3.63) is 59.3 Å². The van der Waals surface area contributed by atoms with Crippen LogP contribution in [0.15, 0.2) is 42.6 Å². The van der Waals surface area contributed by atoms with Gasteiger partial charge in [-0.1, -0.05) is 37.3 Å². The van der Waals surface area contributed by atoms with Crippen molar-refractivity contribution in [2.75, 3.05) is 5.32 Å². The maximum absolute atomic E-state index is 5.42. The Balaban J connectivity index is 2.07. The molecular weight excluding hydrogens is 278 g/mol. The summed E-state index contributed by atoms with van der Waals surface area (Å²) in [5.41, 5.74) is 3.63. The minimum Gasteiger partial charge on any atom is -0.356 e. The minimum absolute atomic E-state index is 0.204. The number of pyridine rings is 1. The van der Waals surface area contributed by atoms with Crippen molar-refractivity contribution >= 4 is 23.1 Å². The lowest BCUT2D eigenvalue weighted by Crippen LogP contribution is -2.32. The Kier molecular flexibility index (Phi) is 5.28. The number of aromatic nitrogens is 1. The molecule has 110 valence electrons. The van der Waals surface area contributed by atoms with Crippen LogP contribution < -0.4 is 10.6 Å². The molecule has 1 heterocycles. The lowest BCUT2D eigenvalue weighted by molar-refractivity contribution is 0.625. The van der Waals surface area contributed by atoms with Crippen LogP contribution in [0.3, 0.4) is 0 Å². The molecule has 4 heteroatoms. The fourth-order valence-electron chi connectivity index (χ4n) is 2.30. The predicted molar refractivity (Wildman–Crippen MR) is 92.5 cm³/mol. The molecule has 2 aromatic rings. The van der Waals surface area contributed by atoms with Crippen molar-refractivity contribution in [1.29, 1.82) is 0 Å². The third kappa shape index (κ3) is 4.02. The zero-order valence-electron chi connectivity index (χ0n) is 12.7. The predicted octanol–water partition coefficient (Wildman–Crippen LogP) is 4.14. The van der Waals surface area contributed by atoms with Gasteiger partial charge in [-0.3, -0.25) is 0 Å². The van der Waals surface area contributed by atoms with E-state index in [0.29, 0.717) is 5.11 Å². The van der Waals surface area contributed by atoms with Gasteiger partial charge in [-0.2, -0.15) is 0 Å². The van der Waals surface area contributed by atoms with Crippen LogP contribution in [-0.4, -0.2) is 10.1 Å². The van der Waals surface area contributed by atoms with Crippen LogP contribution in [0, 0.1) is 13.8 Å². The van der Waals surface area contributed by atoms with E-state index >= 15 is 0 Å². The van der Waals surface area contributed by atoms with E-state index in [9.17, 15) is 0 Å². The lowest BCUT2D eigenvalue weighted by Gasteiger charge is -2.21. The standard InChI is InChI=1S/C17H21N3S/c1-4-15(14-10-6-5-8-12(14)2)19-17(21)20-16-13(3)9-7-11-18-16/h5-11,15H,4H2,1-3H3,(H2,18,19,20,21)/t15-/m0/s1. The van der Waals surface area contributed by atoms with Crippen molar-refractivity contribution in [3.63, 3.8) is 0 Å². The topological polar surface area (TPSA) is 37.0 Å². The second-order valence-corrected chi connectivity index (χ2v) is 5.49. The zero-order valence-corrected chi connectivity index (χ0v) is 13.5. The highest BCUT2D eigenvalue weighted by atomic mass is 32.1. The van der Waals surface area contributed by atoms with Crippen LogP contribution in [0.5, 0.6) is 0 Å². The number of rotatable bonds is 4. The Morgan fingerprint density at radius 1 is 1.14 bits per heavy atom. The average Bonchev–Trinajstić information content (AvgIpc) is 2.48. The minimum atomic E-state index is 0.204. The molecule has 2 rings (SSSR count). The molecule has 1 atom stereocenters. The molecule has 0 spiro atoms. The summed E-state index contributed by atoms with van der Waals surface area (Å²) in [6.07, 6.45) is 2.73. The molecule has 0 amide bonds. The van der Waals surface area contributed by atoms with E-state index in [1.54, 1.807) is 6.20 Å². The van der Waals surface area contributed by atoms with E-state index in [1.165, 1.54) is 11.1 Å². The van der Waals surface area contributed by atoms with Gasteiger partial charge in [0.05, 0.1) is 6.04 Å². The molecule has 1 aromatic heterocycles. The smallest absolute Gasteiger partial charge is 0.172 e. The Hall–Kier alpha value is -1.94. The molecular formula is C17H21N3S. The molecule has 0 saturated carbocycles. The third-order valence-corrected chi connectivity index (χ3v) is 3.74. The fraction of sp³-hybridized carbons (Fsp3) is 0.294. The SMILES string of the molecule is CC[C@H](NC(=S)Nc1ncccc1C)c1ccccc1C. The van der Waals surface area contributed by atoms with Crippen molar-refractivity contribution in [2.24, 2.45) is 0 Å². The normalized spacial score (nSPS) is 11.8. The highest BCUT2D eigenvalue weighted by Gasteiger charge is 2.13. The van der Waals surface area contributed by atoms with E-state index in [4.69, 9.17) is 12.2 Å². The maximum atomic E-state index is 5.42. The van der Waals surface area contributed by atoms with Gasteiger partial charge in [0.15, 0.2) is 5.11 Å². The van der Waals surface area contributed by atoms with Gasteiger partial charge >= 0.3 is 0 Å². The lowest BCUT2D eigenvalue weighted by atomic mass is 10.00. The van der Waals surface area contributed by atoms with E-state index < -0.39 is 0 Å². The highest BCUT2D eigenvalue weighted by Crippen LogP contribution is 2.20. The summed E-state index contributed by atoms with van der Waals surface area (Å²) in [6.45, 7) is 6.29. The molecule has 0 fully saturated rings. The second kappa shape index (κ2) is 7.18. The molecule has 0 aliphatic heterocycles. The molecule has 21 heavy (non-hydrogen) atoms. The summed E-state index contributed by atoms with van der Waals surface area (Å²) in [7, 11) is 0. The van der Waals surface area contributed by atoms with E-state index in [-0.39, 0.29) is 6.04 Å². The monoisotopic (exact) mass is 299 g/mol. The molecule has 0 aliphatic rings. The summed E-state index contributed by atoms with van der Waals surface area (Å²) in [6, 6.07) is 12.5. The summed E-state index contributed by atoms with van der Waals surface area (Å²) < 4.78 is 0. The third-order valence-electron chi connectivity index (χ3n) is 3.52. The summed E-state index contributed by atoms with van der Waals surface area (Å²) in [5, 5.41) is 7.16. The van der Waals surface area contributed by atoms with Gasteiger partial charge in [0.25, 0.3) is 0 Å². The van der Waals surface area contributed by atoms with E-state index in [0.717, 1.165) is 17.8 Å². The number of aryl methyl sites for hydroxylation is 2. The number of hydrogen-bond acceptors (Lipinski definition) is 2. The number of benzene rings is 1. The first kappa shape index (κ1) is 15.4. The molecule has 0 bridgehead atoms. The van der Waals surface area contributed by atoms with Crippen LogP contribution in [0.1, 0.15) is 36.1 Å². The van der Waals surface area contributed by atoms with Crippen LogP contribution in [-0.2, 0) is 0 Å². The van der Waals surface area contributed by atoms with Gasteiger partial charge in [-0.05, 0) is 55.2 Å². The molecule has 0 unspecified atom stereocenters. The molecule has 1 aromatic carbocycles. The Bertz CT molecular complexity index is 625. The highest BCUT2D eigenvalue weighted by molar-refractivity contribution is 7.80. The number of hydrogen-bond donors (Lipinski definition) is 2. The molecule has 0 radical (unpaired) electrons.